The van der Waals surface area contributed by atoms with Gasteiger partial charge in [0.1, 0.15) is 5.75 Å². The summed E-state index contributed by atoms with van der Waals surface area (Å²) in [6, 6.07) is 11.2. The summed E-state index contributed by atoms with van der Waals surface area (Å²) in [6.07, 6.45) is 6.59. The highest BCUT2D eigenvalue weighted by atomic mass is 16.5. The molecule has 1 aliphatic rings. The standard InChI is InChI=1S/C19H23N3O2/c20-19(23)16-6-9-18(22-13-16)24-17-7-4-14(5-8-17)10-11-21-12-15-2-1-3-15/h4-9,13,15,21H,1-3,10-12H2,(H2,20,23). The van der Waals surface area contributed by atoms with Crippen LogP contribution in [0.4, 0.5) is 0 Å². The van der Waals surface area contributed by atoms with Crippen LogP contribution in [0.1, 0.15) is 35.2 Å². The number of nitrogens with two attached hydrogens (primary N) is 1. The minimum Gasteiger partial charge on any atom is -0.439 e. The molecule has 5 heteroatoms. The molecule has 0 spiro atoms. The van der Waals surface area contributed by atoms with Gasteiger partial charge >= 0.3 is 0 Å². The van der Waals surface area contributed by atoms with E-state index >= 15 is 0 Å². The molecule has 1 aromatic heterocycles. The smallest absolute Gasteiger partial charge is 0.250 e. The minimum atomic E-state index is -0.496. The van der Waals surface area contributed by atoms with Gasteiger partial charge in [0.2, 0.25) is 11.8 Å². The highest BCUT2D eigenvalue weighted by molar-refractivity contribution is 5.92. The Kier molecular flexibility index (Phi) is 5.43. The Hall–Kier alpha value is -2.40. The van der Waals surface area contributed by atoms with E-state index in [-0.39, 0.29) is 0 Å². The van der Waals surface area contributed by atoms with Crippen LogP contribution in [0.15, 0.2) is 42.6 Å². The average Bonchev–Trinajstić information content (AvgIpc) is 2.55. The molecular formula is C19H23N3O2. The number of nitrogens with one attached hydrogen (secondary N) is 1. The van der Waals surface area contributed by atoms with E-state index < -0.39 is 5.91 Å². The van der Waals surface area contributed by atoms with Gasteiger partial charge in [-0.2, -0.15) is 0 Å². The van der Waals surface area contributed by atoms with Crippen LogP contribution in [0.25, 0.3) is 0 Å². The quantitative estimate of drug-likeness (QED) is 0.732. The predicted molar refractivity (Wildman–Crippen MR) is 93.2 cm³/mol. The van der Waals surface area contributed by atoms with Gasteiger partial charge in [-0.05, 0) is 62.0 Å². The Balaban J connectivity index is 1.45. The van der Waals surface area contributed by atoms with Gasteiger partial charge in [-0.3, -0.25) is 4.79 Å². The van der Waals surface area contributed by atoms with Gasteiger partial charge in [-0.25, -0.2) is 4.98 Å². The van der Waals surface area contributed by atoms with Gasteiger partial charge in [0.15, 0.2) is 0 Å². The van der Waals surface area contributed by atoms with Crippen molar-refractivity contribution in [3.8, 4) is 11.6 Å². The van der Waals surface area contributed by atoms with Crippen LogP contribution in [0, 0.1) is 5.92 Å². The zero-order valence-corrected chi connectivity index (χ0v) is 13.7. The van der Waals surface area contributed by atoms with E-state index in [0.717, 1.165) is 31.2 Å². The van der Waals surface area contributed by atoms with Crippen molar-refractivity contribution in [3.05, 3.63) is 53.7 Å². The van der Waals surface area contributed by atoms with E-state index in [9.17, 15) is 4.79 Å². The summed E-state index contributed by atoms with van der Waals surface area (Å²) < 4.78 is 5.67. The number of amides is 1. The maximum Gasteiger partial charge on any atom is 0.250 e. The number of pyridine rings is 1. The normalized spacial score (nSPS) is 14.2. The maximum atomic E-state index is 11.0. The fraction of sp³-hybridized carbons (Fsp3) is 0.368. The van der Waals surface area contributed by atoms with Crippen molar-refractivity contribution in [3.63, 3.8) is 0 Å². The van der Waals surface area contributed by atoms with Gasteiger partial charge in [-0.1, -0.05) is 18.6 Å². The molecule has 1 aliphatic carbocycles. The summed E-state index contributed by atoms with van der Waals surface area (Å²) in [4.78, 5) is 15.1. The van der Waals surface area contributed by atoms with Crippen molar-refractivity contribution in [1.29, 1.82) is 0 Å². The van der Waals surface area contributed by atoms with Crippen LogP contribution in [0.5, 0.6) is 11.6 Å². The van der Waals surface area contributed by atoms with Crippen molar-refractivity contribution in [2.24, 2.45) is 11.7 Å². The van der Waals surface area contributed by atoms with Crippen molar-refractivity contribution in [2.75, 3.05) is 13.1 Å². The Labute approximate surface area is 142 Å². The second-order valence-corrected chi connectivity index (χ2v) is 6.25. The fourth-order valence-electron chi connectivity index (χ4n) is 2.67. The number of aromatic nitrogens is 1. The van der Waals surface area contributed by atoms with E-state index in [2.05, 4.69) is 22.4 Å². The number of ether oxygens (including phenoxy) is 1. The van der Waals surface area contributed by atoms with Crippen LogP contribution in [0.3, 0.4) is 0 Å². The molecule has 0 atom stereocenters. The summed E-state index contributed by atoms with van der Waals surface area (Å²) in [5.41, 5.74) is 6.83. The molecule has 3 rings (SSSR count). The lowest BCUT2D eigenvalue weighted by Crippen LogP contribution is -2.28. The molecule has 1 aromatic carbocycles. The predicted octanol–water partition coefficient (Wildman–Crippen LogP) is 2.91. The van der Waals surface area contributed by atoms with E-state index in [4.69, 9.17) is 10.5 Å². The highest BCUT2D eigenvalue weighted by Crippen LogP contribution is 2.25. The van der Waals surface area contributed by atoms with E-state index in [1.165, 1.54) is 31.0 Å². The Morgan fingerprint density at radius 3 is 2.58 bits per heavy atom. The minimum absolute atomic E-state index is 0.368. The molecule has 0 unspecified atom stereocenters. The second-order valence-electron chi connectivity index (χ2n) is 6.25. The summed E-state index contributed by atoms with van der Waals surface area (Å²) in [6.45, 7) is 2.15. The number of benzene rings is 1. The lowest BCUT2D eigenvalue weighted by Gasteiger charge is -2.25. The van der Waals surface area contributed by atoms with Crippen molar-refractivity contribution in [2.45, 2.75) is 25.7 Å². The summed E-state index contributed by atoms with van der Waals surface area (Å²) in [5, 5.41) is 3.53. The molecule has 3 N–H and O–H groups in total. The fourth-order valence-corrected chi connectivity index (χ4v) is 2.67. The summed E-state index contributed by atoms with van der Waals surface area (Å²) >= 11 is 0. The molecule has 1 saturated carbocycles. The largest absolute Gasteiger partial charge is 0.439 e. The molecule has 0 radical (unpaired) electrons. The number of primary amides is 1. The lowest BCUT2D eigenvalue weighted by atomic mass is 9.85. The number of carbonyl (C=O) groups excluding carboxylic acids is 1. The Morgan fingerprint density at radius 2 is 2.00 bits per heavy atom. The molecule has 2 aromatic rings. The molecule has 0 bridgehead atoms. The van der Waals surface area contributed by atoms with Crippen LogP contribution in [-0.2, 0) is 6.42 Å². The molecular weight excluding hydrogens is 302 g/mol. The van der Waals surface area contributed by atoms with Crippen molar-refractivity contribution < 1.29 is 9.53 Å². The molecule has 1 heterocycles. The molecule has 0 aliphatic heterocycles. The summed E-state index contributed by atoms with van der Waals surface area (Å²) in [5.74, 6) is 1.56. The first kappa shape index (κ1) is 16.5. The highest BCUT2D eigenvalue weighted by Gasteiger charge is 2.16. The molecule has 0 saturated heterocycles. The van der Waals surface area contributed by atoms with Gasteiger partial charge in [0.05, 0.1) is 5.56 Å². The van der Waals surface area contributed by atoms with E-state index in [0.29, 0.717) is 11.4 Å². The van der Waals surface area contributed by atoms with Crippen LogP contribution in [0.2, 0.25) is 0 Å². The third-order valence-corrected chi connectivity index (χ3v) is 4.41. The van der Waals surface area contributed by atoms with Gasteiger partial charge in [-0.15, -0.1) is 0 Å². The van der Waals surface area contributed by atoms with Crippen LogP contribution >= 0.6 is 0 Å². The first-order valence-electron chi connectivity index (χ1n) is 8.44. The summed E-state index contributed by atoms with van der Waals surface area (Å²) in [7, 11) is 0. The monoisotopic (exact) mass is 325 g/mol. The zero-order valence-electron chi connectivity index (χ0n) is 13.7. The van der Waals surface area contributed by atoms with Gasteiger partial charge < -0.3 is 15.8 Å². The molecule has 1 amide bonds. The number of hydrogen-bond acceptors (Lipinski definition) is 4. The number of nitrogens with zero attached hydrogens (tertiary/aromatic N) is 1. The first-order valence-corrected chi connectivity index (χ1v) is 8.44. The SMILES string of the molecule is NC(=O)c1ccc(Oc2ccc(CCNCC3CCC3)cc2)nc1. The van der Waals surface area contributed by atoms with Gasteiger partial charge in [0, 0.05) is 12.3 Å². The third-order valence-electron chi connectivity index (χ3n) is 4.41. The van der Waals surface area contributed by atoms with E-state index in [1.807, 2.05) is 12.1 Å². The lowest BCUT2D eigenvalue weighted by molar-refractivity contribution is 0.1000. The van der Waals surface area contributed by atoms with Gasteiger partial charge in [0.25, 0.3) is 0 Å². The second kappa shape index (κ2) is 7.93. The number of hydrogen-bond donors (Lipinski definition) is 2. The molecule has 126 valence electrons. The van der Waals surface area contributed by atoms with E-state index in [1.54, 1.807) is 12.1 Å². The topological polar surface area (TPSA) is 77.2 Å². The molecule has 1 fully saturated rings. The van der Waals surface area contributed by atoms with Crippen LogP contribution in [-0.4, -0.2) is 24.0 Å². The molecule has 5 nitrogen and oxygen atoms in total. The average molecular weight is 325 g/mol. The zero-order chi connectivity index (χ0) is 16.8. The maximum absolute atomic E-state index is 11.0. The van der Waals surface area contributed by atoms with Crippen LogP contribution < -0.4 is 15.8 Å². The number of carbonyl (C=O) groups is 1. The van der Waals surface area contributed by atoms with Crippen molar-refractivity contribution >= 4 is 5.91 Å². The first-order chi connectivity index (χ1) is 11.7. The third kappa shape index (κ3) is 4.55. The Bertz CT molecular complexity index is 664. The number of rotatable bonds is 8. The molecule has 24 heavy (non-hydrogen) atoms. The Morgan fingerprint density at radius 1 is 1.21 bits per heavy atom. The van der Waals surface area contributed by atoms with Crippen molar-refractivity contribution in [1.82, 2.24) is 10.3 Å².